The molecule has 7 amide bonds. The third kappa shape index (κ3) is 22.1. The average molecular weight is 1280 g/mol. The van der Waals surface area contributed by atoms with Crippen molar-refractivity contribution in [3.63, 3.8) is 0 Å². The molecule has 88 heavy (non-hydrogen) atoms. The molecular formula is C64H94N8O13S3. The zero-order valence-electron chi connectivity index (χ0n) is 51.9. The van der Waals surface area contributed by atoms with Crippen LogP contribution < -0.4 is 31.9 Å². The fraction of sp³-hybridized carbons (Fsp3) is 0.578. The number of primary amides is 1. The number of carbonyl (C=O) groups is 8. The number of imide groups is 1. The summed E-state index contributed by atoms with van der Waals surface area (Å²) in [5.74, 6) is -3.00. The molecule has 0 radical (unpaired) electrons. The second kappa shape index (κ2) is 36.1. The molecule has 0 saturated carbocycles. The average Bonchev–Trinajstić information content (AvgIpc) is 1.61. The van der Waals surface area contributed by atoms with Crippen molar-refractivity contribution in [1.82, 2.24) is 26.2 Å². The van der Waals surface area contributed by atoms with Crippen molar-refractivity contribution in [1.29, 1.82) is 0 Å². The number of anilines is 1. The normalized spacial score (nSPS) is 17.0. The van der Waals surface area contributed by atoms with E-state index in [9.17, 15) is 51.3 Å². The third-order valence-electron chi connectivity index (χ3n) is 15.8. The van der Waals surface area contributed by atoms with E-state index in [1.165, 1.54) is 34.4 Å². The molecular weight excluding hydrogens is 1180 g/mol. The van der Waals surface area contributed by atoms with Crippen molar-refractivity contribution in [2.75, 3.05) is 44.2 Å². The summed E-state index contributed by atoms with van der Waals surface area (Å²) in [6.45, 7) is 20.0. The van der Waals surface area contributed by atoms with Gasteiger partial charge in [-0.25, -0.2) is 13.2 Å². The maximum atomic E-state index is 13.7. The number of allylic oxidation sites excluding steroid dienone is 6. The topological polar surface area (TPSA) is 312 Å². The van der Waals surface area contributed by atoms with Crippen LogP contribution in [-0.2, 0) is 66.1 Å². The van der Waals surface area contributed by atoms with Crippen LogP contribution in [0.5, 0.6) is 0 Å². The van der Waals surface area contributed by atoms with E-state index in [1.54, 1.807) is 19.9 Å². The first-order valence-electron chi connectivity index (χ1n) is 30.1. The Morgan fingerprint density at radius 2 is 1.45 bits per heavy atom. The minimum atomic E-state index is -4.60. The molecule has 0 aromatic heterocycles. The number of likely N-dealkylation sites (N-methyl/N-ethyl adjacent to an activating group) is 1. The number of Topliss-reactive ketones (excluding diaryl/α,β-unsaturated/α-hetero) is 2. The van der Waals surface area contributed by atoms with Crippen molar-refractivity contribution in [2.24, 2.45) is 17.6 Å². The number of amides is 7. The molecule has 3 atom stereocenters. The fourth-order valence-electron chi connectivity index (χ4n) is 11.3. The first kappa shape index (κ1) is 75.6. The number of ketones is 2. The highest BCUT2D eigenvalue weighted by Gasteiger charge is 2.44. The predicted molar refractivity (Wildman–Crippen MR) is 343 cm³/mol. The number of fused-ring (bicyclic) bond motifs is 2. The first-order chi connectivity index (χ1) is 41.1. The molecule has 0 aliphatic carbocycles. The lowest BCUT2D eigenvalue weighted by molar-refractivity contribution is -0.438. The van der Waals surface area contributed by atoms with E-state index >= 15 is 0 Å². The number of para-hydroxylation sites is 1. The van der Waals surface area contributed by atoms with Crippen molar-refractivity contribution in [2.45, 2.75) is 192 Å². The van der Waals surface area contributed by atoms with Crippen LogP contribution in [-0.4, -0.2) is 140 Å². The molecule has 3 aliphatic rings. The Balaban J connectivity index is 0.00000496. The van der Waals surface area contributed by atoms with Crippen LogP contribution >= 0.6 is 11.8 Å². The van der Waals surface area contributed by atoms with Gasteiger partial charge in [-0.1, -0.05) is 91.8 Å². The highest BCUT2D eigenvalue weighted by atomic mass is 32.2. The second-order valence-corrected chi connectivity index (χ2v) is 27.0. The molecule has 6 N–H and O–H groups in total. The van der Waals surface area contributed by atoms with Crippen molar-refractivity contribution in [3.05, 3.63) is 89.7 Å². The summed E-state index contributed by atoms with van der Waals surface area (Å²) in [5, 5.41) is 10.8. The molecule has 486 valence electrons. The van der Waals surface area contributed by atoms with E-state index < -0.39 is 51.0 Å². The number of carbonyl (C=O) groups excluding carboxylic acids is 8. The Bertz CT molecular complexity index is 3070. The molecule has 2 aromatic rings. The van der Waals surface area contributed by atoms with Gasteiger partial charge >= 0.3 is 17.6 Å². The molecule has 1 unspecified atom stereocenters. The zero-order chi connectivity index (χ0) is 64.6. The summed E-state index contributed by atoms with van der Waals surface area (Å²) in [5.41, 5.74) is 10.6. The number of thioether (sulfide) groups is 1. The number of benzene rings is 2. The molecule has 0 bridgehead atoms. The Labute approximate surface area is 528 Å². The van der Waals surface area contributed by atoms with Crippen LogP contribution in [0, 0.1) is 11.8 Å². The van der Waals surface area contributed by atoms with Gasteiger partial charge in [0.15, 0.2) is 17.3 Å². The summed E-state index contributed by atoms with van der Waals surface area (Å²) in [6, 6.07) is 11.4. The van der Waals surface area contributed by atoms with Crippen molar-refractivity contribution < 1.29 is 64.3 Å². The summed E-state index contributed by atoms with van der Waals surface area (Å²) in [6.07, 6.45) is 15.7. The van der Waals surface area contributed by atoms with E-state index in [4.69, 9.17) is 14.2 Å². The minimum absolute atomic E-state index is 0. The number of rotatable bonds is 35. The highest BCUT2D eigenvalue weighted by molar-refractivity contribution is 8.01. The molecule has 3 heterocycles. The summed E-state index contributed by atoms with van der Waals surface area (Å²) in [7, 11) is -4.60. The number of unbranched alkanes of at least 4 members (excludes halogenated alkanes) is 4. The van der Waals surface area contributed by atoms with Crippen LogP contribution in [0.15, 0.2) is 83.4 Å². The highest BCUT2D eigenvalue weighted by Crippen LogP contribution is 2.48. The van der Waals surface area contributed by atoms with E-state index in [-0.39, 0.29) is 121 Å². The van der Waals surface area contributed by atoms with E-state index in [1.807, 2.05) is 65.0 Å². The lowest BCUT2D eigenvalue weighted by Gasteiger charge is -2.25. The number of nitrogens with one attached hydrogen (secondary N) is 4. The SMILES string of the molecule is C.CCN1C(=CC=CC=CC2=[N+](CCCCCC(=O)NCCCC(=O)CNC(=O)[C@H](CCCNC(N)=O)CC(=O)[C@@H](NC(=O)CCCCCN3C(=O)CC(SC(C)C)C3=O)C(C)C)c3ccccc3C2(C)C)C(C)(C)c2cc(S(=O)(=O)[O-])ccc21.O=S=O. The quantitative estimate of drug-likeness (QED) is 0.0144. The zero-order valence-corrected chi connectivity index (χ0v) is 54.4. The predicted octanol–water partition coefficient (Wildman–Crippen LogP) is 7.88. The van der Waals surface area contributed by atoms with Crippen LogP contribution in [0.25, 0.3) is 0 Å². The van der Waals surface area contributed by atoms with Crippen LogP contribution in [0.3, 0.4) is 0 Å². The standard InChI is InChI=1S/C63H90N8O11S2.CH4.O2S/c1-10-69-50-33-32-46(84(80,81)82)39-48(50)63(8,9)53(69)28-14-11-15-29-54-62(6,7)47-26-18-19-27-49(47)70(54)36-20-12-16-30-55(74)65-34-23-25-45(72)41-67-59(77)44(24-22-35-66-61(64)79)38-51(73)58(42(2)3)68-56(75)31-17-13-21-37-71-57(76)40-52(60(71)78)83-43(4)5;;1-3-2/h11,14-15,18-19,26-29,32-33,39,42-44,52,58H,10,12-13,16-17,20-25,30-31,34-38,40-41H2,1-9H3,(H6-,64,65,66,67,68,74,75,77,79,80,81,82);1H4;/t44-,52?,58+;;/m1../s1. The van der Waals surface area contributed by atoms with Gasteiger partial charge in [0.1, 0.15) is 16.7 Å². The van der Waals surface area contributed by atoms with E-state index in [0.717, 1.165) is 47.7 Å². The largest absolute Gasteiger partial charge is 0.744 e. The van der Waals surface area contributed by atoms with Gasteiger partial charge in [0.05, 0.1) is 28.1 Å². The number of nitrogens with two attached hydrogens (primary N) is 1. The molecule has 3 aliphatic heterocycles. The molecule has 1 saturated heterocycles. The van der Waals surface area contributed by atoms with Crippen LogP contribution in [0.4, 0.5) is 16.2 Å². The molecule has 5 rings (SSSR count). The lowest BCUT2D eigenvalue weighted by atomic mass is 9.81. The minimum Gasteiger partial charge on any atom is -0.744 e. The summed E-state index contributed by atoms with van der Waals surface area (Å²) < 4.78 is 54.5. The van der Waals surface area contributed by atoms with E-state index in [0.29, 0.717) is 58.0 Å². The third-order valence-corrected chi connectivity index (χ3v) is 17.9. The van der Waals surface area contributed by atoms with E-state index in [2.05, 4.69) is 68.9 Å². The number of hydrogen-bond acceptors (Lipinski definition) is 15. The Morgan fingerprint density at radius 3 is 2.10 bits per heavy atom. The molecule has 2 aromatic carbocycles. The second-order valence-electron chi connectivity index (χ2n) is 23.7. The number of urea groups is 1. The van der Waals surface area contributed by atoms with Gasteiger partial charge in [0, 0.05) is 105 Å². The number of nitrogens with zero attached hydrogens (tertiary/aromatic N) is 3. The van der Waals surface area contributed by atoms with Gasteiger partial charge in [0.2, 0.25) is 35.2 Å². The monoisotopic (exact) mass is 1280 g/mol. The van der Waals surface area contributed by atoms with Crippen molar-refractivity contribution >= 4 is 97.7 Å². The summed E-state index contributed by atoms with van der Waals surface area (Å²) in [4.78, 5) is 106. The van der Waals surface area contributed by atoms with Crippen molar-refractivity contribution in [3.8, 4) is 0 Å². The molecule has 21 nitrogen and oxygen atoms in total. The Kier molecular flexibility index (Phi) is 31.1. The lowest BCUT2D eigenvalue weighted by Crippen LogP contribution is -2.46. The van der Waals surface area contributed by atoms with Gasteiger partial charge in [-0.05, 0) is 107 Å². The molecule has 24 heteroatoms. The van der Waals surface area contributed by atoms with Gasteiger partial charge in [-0.2, -0.15) is 13.0 Å². The van der Waals surface area contributed by atoms with Gasteiger partial charge in [-0.3, -0.25) is 38.5 Å². The van der Waals surface area contributed by atoms with Gasteiger partial charge < -0.3 is 36.5 Å². The fourth-order valence-corrected chi connectivity index (χ4v) is 13.0. The maximum Gasteiger partial charge on any atom is 0.335 e. The summed E-state index contributed by atoms with van der Waals surface area (Å²) >= 11 is 0.739. The van der Waals surface area contributed by atoms with Crippen LogP contribution in [0.2, 0.25) is 0 Å². The Hall–Kier alpha value is -6.63. The first-order valence-corrected chi connectivity index (χ1v) is 33.1. The smallest absolute Gasteiger partial charge is 0.335 e. The maximum absolute atomic E-state index is 13.7. The van der Waals surface area contributed by atoms with Gasteiger partial charge in [-0.15, -0.1) is 11.8 Å². The van der Waals surface area contributed by atoms with Crippen LogP contribution in [0.1, 0.15) is 171 Å². The van der Waals surface area contributed by atoms with Gasteiger partial charge in [0.25, 0.3) is 0 Å². The number of hydrogen-bond donors (Lipinski definition) is 5. The molecule has 1 fully saturated rings. The Morgan fingerprint density at radius 1 is 0.795 bits per heavy atom. The number of likely N-dealkylation sites (tertiary alicyclic amines) is 1. The molecule has 0 spiro atoms.